The van der Waals surface area contributed by atoms with E-state index in [0.717, 1.165) is 32.4 Å². The summed E-state index contributed by atoms with van der Waals surface area (Å²) in [6.45, 7) is 5.77. The fraction of sp³-hybridized carbons (Fsp3) is 0.929. The molecule has 0 spiro atoms. The molecule has 2 aliphatic heterocycles. The van der Waals surface area contributed by atoms with Crippen LogP contribution in [0.15, 0.2) is 0 Å². The van der Waals surface area contributed by atoms with E-state index < -0.39 is 5.54 Å². The van der Waals surface area contributed by atoms with Crippen LogP contribution in [-0.2, 0) is 4.79 Å². The van der Waals surface area contributed by atoms with Crippen LogP contribution >= 0.6 is 0 Å². The number of likely N-dealkylation sites (tertiary alicyclic amines) is 1. The summed E-state index contributed by atoms with van der Waals surface area (Å²) < 4.78 is 0. The van der Waals surface area contributed by atoms with Gasteiger partial charge in [0.25, 0.3) is 0 Å². The Balaban J connectivity index is 2.08. The number of carbonyl (C=O) groups is 1. The molecule has 2 saturated heterocycles. The van der Waals surface area contributed by atoms with Crippen LogP contribution in [0.25, 0.3) is 0 Å². The molecule has 2 bridgehead atoms. The molecular formula is C14H27N3O. The summed E-state index contributed by atoms with van der Waals surface area (Å²) in [6.07, 6.45) is 5.06. The predicted molar refractivity (Wildman–Crippen MR) is 73.3 cm³/mol. The normalized spacial score (nSPS) is 29.4. The summed E-state index contributed by atoms with van der Waals surface area (Å²) in [6, 6.07) is 1.21. The monoisotopic (exact) mass is 253 g/mol. The lowest BCUT2D eigenvalue weighted by Crippen LogP contribution is -2.56. The van der Waals surface area contributed by atoms with Crippen molar-refractivity contribution in [2.45, 2.75) is 63.6 Å². The van der Waals surface area contributed by atoms with E-state index in [0.29, 0.717) is 12.1 Å². The van der Waals surface area contributed by atoms with Gasteiger partial charge in [0.1, 0.15) is 0 Å². The Hall–Kier alpha value is -0.610. The molecule has 104 valence electrons. The van der Waals surface area contributed by atoms with E-state index in [9.17, 15) is 4.79 Å². The first kappa shape index (κ1) is 13.8. The zero-order chi connectivity index (χ0) is 13.3. The van der Waals surface area contributed by atoms with Gasteiger partial charge >= 0.3 is 0 Å². The van der Waals surface area contributed by atoms with Crippen LogP contribution in [-0.4, -0.2) is 53.5 Å². The molecule has 18 heavy (non-hydrogen) atoms. The lowest BCUT2D eigenvalue weighted by atomic mass is 9.92. The zero-order valence-electron chi connectivity index (χ0n) is 12.0. The minimum absolute atomic E-state index is 0.161. The first-order chi connectivity index (χ1) is 8.51. The number of hydrogen-bond acceptors (Lipinski definition) is 3. The highest BCUT2D eigenvalue weighted by Crippen LogP contribution is 2.29. The summed E-state index contributed by atoms with van der Waals surface area (Å²) >= 11 is 0. The fourth-order valence-corrected chi connectivity index (χ4v) is 3.36. The van der Waals surface area contributed by atoms with Gasteiger partial charge in [-0.15, -0.1) is 0 Å². The van der Waals surface area contributed by atoms with E-state index in [-0.39, 0.29) is 5.91 Å². The topological polar surface area (TPSA) is 49.6 Å². The largest absolute Gasteiger partial charge is 0.339 e. The summed E-state index contributed by atoms with van der Waals surface area (Å²) in [5.41, 5.74) is 5.60. The number of fused-ring (bicyclic) bond motifs is 2. The van der Waals surface area contributed by atoms with Gasteiger partial charge in [0.15, 0.2) is 0 Å². The molecule has 0 aromatic carbocycles. The van der Waals surface area contributed by atoms with Crippen molar-refractivity contribution < 1.29 is 4.79 Å². The lowest BCUT2D eigenvalue weighted by Gasteiger charge is -2.34. The molecule has 4 heteroatoms. The number of hydrogen-bond donors (Lipinski definition) is 1. The van der Waals surface area contributed by atoms with Crippen LogP contribution in [0.1, 0.15) is 46.0 Å². The summed E-state index contributed by atoms with van der Waals surface area (Å²) in [7, 11) is 2.20. The number of nitrogens with two attached hydrogens (primary N) is 1. The van der Waals surface area contributed by atoms with Gasteiger partial charge in [0.05, 0.1) is 5.54 Å². The Bertz CT molecular complexity index is 314. The Labute approximate surface area is 110 Å². The molecule has 0 saturated carbocycles. The van der Waals surface area contributed by atoms with Gasteiger partial charge in [0, 0.05) is 25.2 Å². The fourth-order valence-electron chi connectivity index (χ4n) is 3.36. The highest BCUT2D eigenvalue weighted by atomic mass is 16.2. The third-order valence-electron chi connectivity index (χ3n) is 5.12. The van der Waals surface area contributed by atoms with Gasteiger partial charge in [-0.1, -0.05) is 13.8 Å². The van der Waals surface area contributed by atoms with Crippen LogP contribution in [0.4, 0.5) is 0 Å². The van der Waals surface area contributed by atoms with E-state index in [2.05, 4.69) is 11.9 Å². The van der Waals surface area contributed by atoms with Crippen molar-refractivity contribution in [2.75, 3.05) is 20.1 Å². The van der Waals surface area contributed by atoms with E-state index in [4.69, 9.17) is 5.73 Å². The second-order valence-corrected chi connectivity index (χ2v) is 5.95. The van der Waals surface area contributed by atoms with Gasteiger partial charge in [0.2, 0.25) is 5.91 Å². The van der Waals surface area contributed by atoms with E-state index >= 15 is 0 Å². The molecule has 0 aliphatic carbocycles. The predicted octanol–water partition coefficient (Wildman–Crippen LogP) is 1.20. The molecule has 2 N–H and O–H groups in total. The maximum absolute atomic E-state index is 12.6. The van der Waals surface area contributed by atoms with Crippen LogP contribution in [0.2, 0.25) is 0 Å². The molecule has 2 heterocycles. The summed E-state index contributed by atoms with van der Waals surface area (Å²) in [4.78, 5) is 17.1. The van der Waals surface area contributed by atoms with Crippen molar-refractivity contribution in [1.29, 1.82) is 0 Å². The average molecular weight is 253 g/mol. The Kier molecular flexibility index (Phi) is 3.97. The van der Waals surface area contributed by atoms with Crippen molar-refractivity contribution in [2.24, 2.45) is 5.73 Å². The highest BCUT2D eigenvalue weighted by Gasteiger charge is 2.40. The van der Waals surface area contributed by atoms with E-state index in [1.165, 1.54) is 12.8 Å². The molecule has 2 fully saturated rings. The van der Waals surface area contributed by atoms with Crippen molar-refractivity contribution in [1.82, 2.24) is 9.80 Å². The number of likely N-dealkylation sites (N-methyl/N-ethyl adjacent to an activating group) is 1. The van der Waals surface area contributed by atoms with Crippen LogP contribution < -0.4 is 5.73 Å². The van der Waals surface area contributed by atoms with E-state index in [1.54, 1.807) is 0 Å². The lowest BCUT2D eigenvalue weighted by molar-refractivity contribution is -0.137. The standard InChI is InChI=1S/C14H27N3O/c1-4-14(15,5-2)13(18)17-9-8-11-6-7-12(10-17)16(11)3/h11-12H,4-10,15H2,1-3H3. The van der Waals surface area contributed by atoms with Gasteiger partial charge in [-0.2, -0.15) is 0 Å². The van der Waals surface area contributed by atoms with Gasteiger partial charge < -0.3 is 10.6 Å². The second kappa shape index (κ2) is 5.17. The molecular weight excluding hydrogens is 226 g/mol. The van der Waals surface area contributed by atoms with Gasteiger partial charge in [-0.3, -0.25) is 9.69 Å². The van der Waals surface area contributed by atoms with E-state index in [1.807, 2.05) is 18.7 Å². The molecule has 2 rings (SSSR count). The maximum Gasteiger partial charge on any atom is 0.242 e. The van der Waals surface area contributed by atoms with Gasteiger partial charge in [-0.25, -0.2) is 0 Å². The number of amides is 1. The van der Waals surface area contributed by atoms with Crippen molar-refractivity contribution in [3.05, 3.63) is 0 Å². The SMILES string of the molecule is CCC(N)(CC)C(=O)N1CCC2CCC(C1)N2C. The highest BCUT2D eigenvalue weighted by molar-refractivity contribution is 5.86. The molecule has 2 atom stereocenters. The number of carbonyl (C=O) groups excluding carboxylic acids is 1. The third kappa shape index (κ3) is 2.28. The van der Waals surface area contributed by atoms with Crippen molar-refractivity contribution in [3.8, 4) is 0 Å². The van der Waals surface area contributed by atoms with Gasteiger partial charge in [-0.05, 0) is 39.2 Å². The number of rotatable bonds is 3. The minimum atomic E-state index is -0.651. The first-order valence-electron chi connectivity index (χ1n) is 7.32. The Morgan fingerprint density at radius 3 is 2.44 bits per heavy atom. The molecule has 2 aliphatic rings. The molecule has 4 nitrogen and oxygen atoms in total. The zero-order valence-corrected chi connectivity index (χ0v) is 12.0. The van der Waals surface area contributed by atoms with Crippen molar-refractivity contribution in [3.63, 3.8) is 0 Å². The van der Waals surface area contributed by atoms with Crippen LogP contribution in [0.3, 0.4) is 0 Å². The molecule has 0 aromatic rings. The summed E-state index contributed by atoms with van der Waals surface area (Å²) in [5.74, 6) is 0.161. The average Bonchev–Trinajstić information content (AvgIpc) is 2.61. The Morgan fingerprint density at radius 1 is 1.22 bits per heavy atom. The second-order valence-electron chi connectivity index (χ2n) is 5.95. The third-order valence-corrected chi connectivity index (χ3v) is 5.12. The maximum atomic E-state index is 12.6. The number of nitrogens with zero attached hydrogens (tertiary/aromatic N) is 2. The molecule has 1 amide bonds. The quantitative estimate of drug-likeness (QED) is 0.822. The first-order valence-corrected chi connectivity index (χ1v) is 7.32. The summed E-state index contributed by atoms with van der Waals surface area (Å²) in [5, 5.41) is 0. The molecule has 0 radical (unpaired) electrons. The minimum Gasteiger partial charge on any atom is -0.339 e. The van der Waals surface area contributed by atoms with Crippen molar-refractivity contribution >= 4 is 5.91 Å². The Morgan fingerprint density at radius 2 is 1.83 bits per heavy atom. The van der Waals surface area contributed by atoms with Crippen LogP contribution in [0.5, 0.6) is 0 Å². The smallest absolute Gasteiger partial charge is 0.242 e. The van der Waals surface area contributed by atoms with Crippen LogP contribution in [0, 0.1) is 0 Å². The molecule has 2 unspecified atom stereocenters. The molecule has 0 aromatic heterocycles.